The maximum absolute atomic E-state index is 5.88. The summed E-state index contributed by atoms with van der Waals surface area (Å²) in [6, 6.07) is 0. The highest BCUT2D eigenvalue weighted by Gasteiger charge is 2.07. The van der Waals surface area contributed by atoms with E-state index in [0.29, 0.717) is 16.9 Å². The molecule has 4 heteroatoms. The molecule has 0 aliphatic rings. The third-order valence-electron chi connectivity index (χ3n) is 1.90. The molecule has 1 aromatic heterocycles. The number of nitrogens with two attached hydrogens (primary N) is 1. The standard InChI is InChI=1S/C9H14ClN3/c1-6(2)3-4-7-8(10)12-5-13-9(7)11/h5-6H,3-4H2,1-2H3,(H2,11,12,13). The van der Waals surface area contributed by atoms with E-state index in [0.717, 1.165) is 18.4 Å². The maximum Gasteiger partial charge on any atom is 0.137 e. The Balaban J connectivity index is 2.75. The number of halogens is 1. The highest BCUT2D eigenvalue weighted by atomic mass is 35.5. The Bertz CT molecular complexity index is 266. The topological polar surface area (TPSA) is 51.8 Å². The monoisotopic (exact) mass is 199 g/mol. The lowest BCUT2D eigenvalue weighted by Gasteiger charge is -2.07. The van der Waals surface area contributed by atoms with Crippen LogP contribution in [0.3, 0.4) is 0 Å². The van der Waals surface area contributed by atoms with Crippen LogP contribution in [0.1, 0.15) is 25.8 Å². The van der Waals surface area contributed by atoms with Crippen molar-refractivity contribution in [3.63, 3.8) is 0 Å². The van der Waals surface area contributed by atoms with E-state index in [1.807, 2.05) is 0 Å². The summed E-state index contributed by atoms with van der Waals surface area (Å²) in [5, 5.41) is 0.480. The van der Waals surface area contributed by atoms with Gasteiger partial charge in [0.1, 0.15) is 17.3 Å². The number of rotatable bonds is 3. The minimum absolute atomic E-state index is 0.480. The Hall–Kier alpha value is -0.830. The van der Waals surface area contributed by atoms with Crippen LogP contribution in [0.5, 0.6) is 0 Å². The normalized spacial score (nSPS) is 10.8. The lowest BCUT2D eigenvalue weighted by Crippen LogP contribution is -2.02. The Morgan fingerprint density at radius 1 is 1.46 bits per heavy atom. The summed E-state index contributed by atoms with van der Waals surface area (Å²) < 4.78 is 0. The molecule has 0 aliphatic carbocycles. The van der Waals surface area contributed by atoms with Gasteiger partial charge in [-0.25, -0.2) is 9.97 Å². The van der Waals surface area contributed by atoms with Gasteiger partial charge in [0.15, 0.2) is 0 Å². The van der Waals surface area contributed by atoms with Gasteiger partial charge in [0.2, 0.25) is 0 Å². The number of nitrogen functional groups attached to an aromatic ring is 1. The van der Waals surface area contributed by atoms with Crippen molar-refractivity contribution < 1.29 is 0 Å². The molecule has 0 bridgehead atoms. The molecule has 1 rings (SSSR count). The summed E-state index contributed by atoms with van der Waals surface area (Å²) in [7, 11) is 0. The molecule has 1 aromatic rings. The van der Waals surface area contributed by atoms with Crippen LogP contribution < -0.4 is 5.73 Å². The van der Waals surface area contributed by atoms with Crippen molar-refractivity contribution in [1.82, 2.24) is 9.97 Å². The van der Waals surface area contributed by atoms with Crippen molar-refractivity contribution in [3.8, 4) is 0 Å². The predicted molar refractivity (Wildman–Crippen MR) is 54.6 cm³/mol. The van der Waals surface area contributed by atoms with Crippen LogP contribution >= 0.6 is 11.6 Å². The van der Waals surface area contributed by atoms with Crippen molar-refractivity contribution in [1.29, 1.82) is 0 Å². The molecule has 0 saturated heterocycles. The molecule has 1 heterocycles. The average Bonchev–Trinajstić information content (AvgIpc) is 2.03. The van der Waals surface area contributed by atoms with E-state index in [9.17, 15) is 0 Å². The fraction of sp³-hybridized carbons (Fsp3) is 0.556. The smallest absolute Gasteiger partial charge is 0.137 e. The predicted octanol–water partition coefficient (Wildman–Crippen LogP) is 2.30. The lowest BCUT2D eigenvalue weighted by molar-refractivity contribution is 0.586. The molecule has 0 radical (unpaired) electrons. The van der Waals surface area contributed by atoms with E-state index in [1.54, 1.807) is 0 Å². The molecule has 0 fully saturated rings. The zero-order valence-electron chi connectivity index (χ0n) is 7.92. The lowest BCUT2D eigenvalue weighted by atomic mass is 10.0. The first-order valence-electron chi connectivity index (χ1n) is 4.36. The van der Waals surface area contributed by atoms with Crippen LogP contribution in [0.4, 0.5) is 5.82 Å². The van der Waals surface area contributed by atoms with Crippen molar-refractivity contribution in [2.75, 3.05) is 5.73 Å². The van der Waals surface area contributed by atoms with Gasteiger partial charge >= 0.3 is 0 Å². The summed E-state index contributed by atoms with van der Waals surface area (Å²) in [4.78, 5) is 7.79. The quantitative estimate of drug-likeness (QED) is 0.761. The van der Waals surface area contributed by atoms with Gasteiger partial charge in [-0.1, -0.05) is 25.4 Å². The third-order valence-corrected chi connectivity index (χ3v) is 2.22. The highest BCUT2D eigenvalue weighted by Crippen LogP contribution is 2.20. The summed E-state index contributed by atoms with van der Waals surface area (Å²) >= 11 is 5.88. The van der Waals surface area contributed by atoms with Gasteiger partial charge in [0.25, 0.3) is 0 Å². The Labute approximate surface area is 83.3 Å². The van der Waals surface area contributed by atoms with Gasteiger partial charge in [0.05, 0.1) is 0 Å². The second kappa shape index (κ2) is 4.42. The summed E-state index contributed by atoms with van der Waals surface area (Å²) in [6.45, 7) is 4.32. The fourth-order valence-corrected chi connectivity index (χ4v) is 1.30. The second-order valence-electron chi connectivity index (χ2n) is 3.46. The minimum atomic E-state index is 0.480. The van der Waals surface area contributed by atoms with E-state index < -0.39 is 0 Å². The van der Waals surface area contributed by atoms with Crippen LogP contribution in [-0.2, 0) is 6.42 Å². The highest BCUT2D eigenvalue weighted by molar-refractivity contribution is 6.30. The molecule has 0 unspecified atom stereocenters. The van der Waals surface area contributed by atoms with Crippen molar-refractivity contribution in [3.05, 3.63) is 17.0 Å². The molecule has 2 N–H and O–H groups in total. The first-order valence-corrected chi connectivity index (χ1v) is 4.74. The SMILES string of the molecule is CC(C)CCc1c(N)ncnc1Cl. The van der Waals surface area contributed by atoms with Gasteiger partial charge < -0.3 is 5.73 Å². The fourth-order valence-electron chi connectivity index (χ4n) is 1.07. The molecule has 0 atom stereocenters. The van der Waals surface area contributed by atoms with E-state index in [4.69, 9.17) is 17.3 Å². The zero-order valence-corrected chi connectivity index (χ0v) is 8.67. The van der Waals surface area contributed by atoms with Crippen molar-refractivity contribution in [2.45, 2.75) is 26.7 Å². The summed E-state index contributed by atoms with van der Waals surface area (Å²) in [5.41, 5.74) is 6.55. The van der Waals surface area contributed by atoms with E-state index in [-0.39, 0.29) is 0 Å². The Morgan fingerprint density at radius 3 is 2.69 bits per heavy atom. The Kier molecular flexibility index (Phi) is 3.48. The van der Waals surface area contributed by atoms with Gasteiger partial charge in [-0.05, 0) is 18.8 Å². The van der Waals surface area contributed by atoms with Gasteiger partial charge in [-0.3, -0.25) is 0 Å². The maximum atomic E-state index is 5.88. The number of anilines is 1. The second-order valence-corrected chi connectivity index (χ2v) is 3.82. The average molecular weight is 200 g/mol. The van der Waals surface area contributed by atoms with Crippen LogP contribution in [0.25, 0.3) is 0 Å². The molecule has 3 nitrogen and oxygen atoms in total. The summed E-state index contributed by atoms with van der Waals surface area (Å²) in [5.74, 6) is 1.14. The van der Waals surface area contributed by atoms with Gasteiger partial charge in [-0.2, -0.15) is 0 Å². The Morgan fingerprint density at radius 2 is 2.15 bits per heavy atom. The van der Waals surface area contributed by atoms with Crippen LogP contribution in [0.2, 0.25) is 5.15 Å². The first-order chi connectivity index (χ1) is 6.11. The molecule has 0 amide bonds. The number of hydrogen-bond donors (Lipinski definition) is 1. The van der Waals surface area contributed by atoms with Crippen LogP contribution in [0.15, 0.2) is 6.33 Å². The van der Waals surface area contributed by atoms with Crippen LogP contribution in [0, 0.1) is 5.92 Å². The van der Waals surface area contributed by atoms with Crippen molar-refractivity contribution >= 4 is 17.4 Å². The van der Waals surface area contributed by atoms with E-state index >= 15 is 0 Å². The van der Waals surface area contributed by atoms with Crippen molar-refractivity contribution in [2.24, 2.45) is 5.92 Å². The molecule has 72 valence electrons. The summed E-state index contributed by atoms with van der Waals surface area (Å²) in [6.07, 6.45) is 3.29. The number of hydrogen-bond acceptors (Lipinski definition) is 3. The third kappa shape index (κ3) is 2.84. The van der Waals surface area contributed by atoms with E-state index in [2.05, 4.69) is 23.8 Å². The molecular weight excluding hydrogens is 186 g/mol. The molecule has 0 aromatic carbocycles. The molecule has 0 aliphatic heterocycles. The van der Waals surface area contributed by atoms with E-state index in [1.165, 1.54) is 6.33 Å². The molecule has 0 saturated carbocycles. The minimum Gasteiger partial charge on any atom is -0.383 e. The number of aromatic nitrogens is 2. The zero-order chi connectivity index (χ0) is 9.84. The van der Waals surface area contributed by atoms with Gasteiger partial charge in [0, 0.05) is 5.56 Å². The van der Waals surface area contributed by atoms with Crippen LogP contribution in [-0.4, -0.2) is 9.97 Å². The largest absolute Gasteiger partial charge is 0.383 e. The number of nitrogens with zero attached hydrogens (tertiary/aromatic N) is 2. The van der Waals surface area contributed by atoms with Gasteiger partial charge in [-0.15, -0.1) is 0 Å². The molecule has 13 heavy (non-hydrogen) atoms. The molecule has 0 spiro atoms. The molecular formula is C9H14ClN3. The first kappa shape index (κ1) is 10.3.